The summed E-state index contributed by atoms with van der Waals surface area (Å²) in [6.07, 6.45) is 5.44. The highest BCUT2D eigenvalue weighted by molar-refractivity contribution is 6.09. The van der Waals surface area contributed by atoms with Crippen molar-refractivity contribution in [1.82, 2.24) is 9.97 Å². The first-order valence-electron chi connectivity index (χ1n) is 8.80. The summed E-state index contributed by atoms with van der Waals surface area (Å²) in [6, 6.07) is 11.2. The Morgan fingerprint density at radius 2 is 1.69 bits per heavy atom. The second-order valence-corrected chi connectivity index (χ2v) is 6.75. The molecule has 2 aromatic carbocycles. The number of nitrogens with zero attached hydrogens (tertiary/aromatic N) is 4. The zero-order valence-corrected chi connectivity index (χ0v) is 14.1. The molecule has 2 heterocycles. The van der Waals surface area contributed by atoms with Crippen LogP contribution in [-0.2, 0) is 0 Å². The van der Waals surface area contributed by atoms with Crippen LogP contribution in [0, 0.1) is 5.82 Å². The summed E-state index contributed by atoms with van der Waals surface area (Å²) >= 11 is 0. The van der Waals surface area contributed by atoms with E-state index in [4.69, 9.17) is 0 Å². The fourth-order valence-electron chi connectivity index (χ4n) is 3.66. The average Bonchev–Trinajstić information content (AvgIpc) is 3.51. The number of fused-ring (bicyclic) bond motifs is 2. The maximum Gasteiger partial charge on any atom is 0.261 e. The van der Waals surface area contributed by atoms with Crippen LogP contribution in [0.15, 0.2) is 48.8 Å². The quantitative estimate of drug-likeness (QED) is 0.712. The molecule has 1 amide bonds. The van der Waals surface area contributed by atoms with Crippen molar-refractivity contribution in [2.24, 2.45) is 0 Å². The molecule has 1 aromatic heterocycles. The smallest absolute Gasteiger partial charge is 0.261 e. The van der Waals surface area contributed by atoms with Crippen molar-refractivity contribution in [2.45, 2.75) is 18.9 Å². The Balaban J connectivity index is 1.56. The standard InChI is InChI=1S/C20H17FN4O/c21-15-12-17-16(22-7-8-23-17)11-14(15)20(26)25-10-9-24(13-5-6-13)18-3-1-2-4-19(18)25/h1-4,7-8,11-13H,5-6,9-10H2. The van der Waals surface area contributed by atoms with Crippen molar-refractivity contribution in [3.8, 4) is 0 Å². The number of hydrogen-bond acceptors (Lipinski definition) is 4. The van der Waals surface area contributed by atoms with Crippen LogP contribution in [0.5, 0.6) is 0 Å². The molecule has 1 aliphatic heterocycles. The van der Waals surface area contributed by atoms with Crippen molar-refractivity contribution in [1.29, 1.82) is 0 Å². The highest BCUT2D eigenvalue weighted by Crippen LogP contribution is 2.40. The van der Waals surface area contributed by atoms with Gasteiger partial charge in [-0.1, -0.05) is 12.1 Å². The zero-order chi connectivity index (χ0) is 17.7. The van der Waals surface area contributed by atoms with Crippen molar-refractivity contribution in [2.75, 3.05) is 22.9 Å². The Morgan fingerprint density at radius 3 is 2.42 bits per heavy atom. The summed E-state index contributed by atoms with van der Waals surface area (Å²) in [7, 11) is 0. The van der Waals surface area contributed by atoms with E-state index in [0.717, 1.165) is 17.9 Å². The van der Waals surface area contributed by atoms with E-state index < -0.39 is 5.82 Å². The van der Waals surface area contributed by atoms with Gasteiger partial charge in [0, 0.05) is 37.6 Å². The second kappa shape index (κ2) is 5.76. The van der Waals surface area contributed by atoms with Crippen molar-refractivity contribution in [3.63, 3.8) is 0 Å². The predicted octanol–water partition coefficient (Wildman–Crippen LogP) is 3.40. The van der Waals surface area contributed by atoms with Gasteiger partial charge in [-0.2, -0.15) is 0 Å². The van der Waals surface area contributed by atoms with Crippen LogP contribution in [-0.4, -0.2) is 35.0 Å². The molecule has 1 fully saturated rings. The topological polar surface area (TPSA) is 49.3 Å². The largest absolute Gasteiger partial charge is 0.365 e. The third kappa shape index (κ3) is 2.41. The summed E-state index contributed by atoms with van der Waals surface area (Å²) < 4.78 is 14.6. The number of carbonyl (C=O) groups excluding carboxylic acids is 1. The number of carbonyl (C=O) groups is 1. The number of aromatic nitrogens is 2. The molecule has 1 saturated carbocycles. The molecule has 0 bridgehead atoms. The molecule has 26 heavy (non-hydrogen) atoms. The van der Waals surface area contributed by atoms with Crippen LogP contribution in [0.3, 0.4) is 0 Å². The third-order valence-corrected chi connectivity index (χ3v) is 5.07. The number of amides is 1. The molecule has 0 atom stereocenters. The van der Waals surface area contributed by atoms with Crippen LogP contribution in [0.4, 0.5) is 15.8 Å². The number of halogens is 1. The van der Waals surface area contributed by atoms with Gasteiger partial charge in [0.1, 0.15) is 5.82 Å². The third-order valence-electron chi connectivity index (χ3n) is 5.07. The van der Waals surface area contributed by atoms with Crippen LogP contribution in [0.25, 0.3) is 11.0 Å². The van der Waals surface area contributed by atoms with Gasteiger partial charge in [0.05, 0.1) is 28.0 Å². The number of benzene rings is 2. The van der Waals surface area contributed by atoms with Crippen LogP contribution >= 0.6 is 0 Å². The lowest BCUT2D eigenvalue weighted by Gasteiger charge is -2.38. The molecule has 2 aliphatic rings. The fourth-order valence-corrected chi connectivity index (χ4v) is 3.66. The van der Waals surface area contributed by atoms with Crippen molar-refractivity contribution in [3.05, 3.63) is 60.2 Å². The molecule has 3 aromatic rings. The van der Waals surface area contributed by atoms with E-state index in [-0.39, 0.29) is 11.5 Å². The van der Waals surface area contributed by atoms with Gasteiger partial charge in [-0.25, -0.2) is 4.39 Å². The summed E-state index contributed by atoms with van der Waals surface area (Å²) in [5.74, 6) is -0.900. The van der Waals surface area contributed by atoms with Gasteiger partial charge in [-0.3, -0.25) is 14.8 Å². The Hall–Kier alpha value is -3.02. The van der Waals surface area contributed by atoms with E-state index in [1.807, 2.05) is 24.3 Å². The van der Waals surface area contributed by atoms with Crippen LogP contribution in [0.2, 0.25) is 0 Å². The van der Waals surface area contributed by atoms with Crippen molar-refractivity contribution >= 4 is 28.3 Å². The first-order valence-corrected chi connectivity index (χ1v) is 8.80. The van der Waals surface area contributed by atoms with E-state index in [0.29, 0.717) is 23.6 Å². The van der Waals surface area contributed by atoms with Gasteiger partial charge in [0.15, 0.2) is 0 Å². The number of hydrogen-bond donors (Lipinski definition) is 0. The molecule has 5 nitrogen and oxygen atoms in total. The summed E-state index contributed by atoms with van der Waals surface area (Å²) in [5.41, 5.74) is 2.89. The first-order chi connectivity index (χ1) is 12.7. The lowest BCUT2D eigenvalue weighted by molar-refractivity contribution is 0.0983. The summed E-state index contributed by atoms with van der Waals surface area (Å²) in [5, 5.41) is 0. The normalized spacial score (nSPS) is 16.7. The summed E-state index contributed by atoms with van der Waals surface area (Å²) in [4.78, 5) is 25.5. The Labute approximate surface area is 150 Å². The lowest BCUT2D eigenvalue weighted by atomic mass is 10.1. The highest BCUT2D eigenvalue weighted by Gasteiger charge is 2.36. The maximum absolute atomic E-state index is 14.6. The fraction of sp³-hybridized carbons (Fsp3) is 0.250. The molecule has 0 unspecified atom stereocenters. The molecule has 0 spiro atoms. The molecular formula is C20H17FN4O. The molecule has 130 valence electrons. The predicted molar refractivity (Wildman–Crippen MR) is 98.0 cm³/mol. The van der Waals surface area contributed by atoms with Gasteiger partial charge in [-0.15, -0.1) is 0 Å². The molecule has 5 rings (SSSR count). The molecule has 0 saturated heterocycles. The first kappa shape index (κ1) is 15.3. The minimum absolute atomic E-state index is 0.0349. The average molecular weight is 348 g/mol. The van der Waals surface area contributed by atoms with E-state index in [1.54, 1.807) is 4.90 Å². The van der Waals surface area contributed by atoms with Crippen LogP contribution in [0.1, 0.15) is 23.2 Å². The van der Waals surface area contributed by atoms with Crippen molar-refractivity contribution < 1.29 is 9.18 Å². The number of para-hydroxylation sites is 2. The van der Waals surface area contributed by atoms with Gasteiger partial charge in [0.2, 0.25) is 0 Å². The molecule has 0 radical (unpaired) electrons. The second-order valence-electron chi connectivity index (χ2n) is 6.75. The molecule has 6 heteroatoms. The lowest BCUT2D eigenvalue weighted by Crippen LogP contribution is -2.45. The zero-order valence-electron chi connectivity index (χ0n) is 14.1. The van der Waals surface area contributed by atoms with E-state index in [2.05, 4.69) is 14.9 Å². The Morgan fingerprint density at radius 1 is 1.00 bits per heavy atom. The van der Waals surface area contributed by atoms with Gasteiger partial charge in [-0.05, 0) is 31.0 Å². The summed E-state index contributed by atoms with van der Waals surface area (Å²) in [6.45, 7) is 1.31. The SMILES string of the molecule is O=C(c1cc2nccnc2cc1F)N1CCN(C2CC2)c2ccccc21. The molecule has 1 aliphatic carbocycles. The number of anilines is 2. The minimum atomic E-state index is -0.565. The number of rotatable bonds is 2. The van der Waals surface area contributed by atoms with E-state index in [9.17, 15) is 9.18 Å². The minimum Gasteiger partial charge on any atom is -0.365 e. The molecule has 0 N–H and O–H groups in total. The van der Waals surface area contributed by atoms with Gasteiger partial charge in [0.25, 0.3) is 5.91 Å². The highest BCUT2D eigenvalue weighted by atomic mass is 19.1. The monoisotopic (exact) mass is 348 g/mol. The van der Waals surface area contributed by atoms with Gasteiger partial charge >= 0.3 is 0 Å². The Kier molecular flexibility index (Phi) is 3.38. The van der Waals surface area contributed by atoms with E-state index >= 15 is 0 Å². The molecular weight excluding hydrogens is 331 g/mol. The van der Waals surface area contributed by atoms with Gasteiger partial charge < -0.3 is 9.80 Å². The van der Waals surface area contributed by atoms with E-state index in [1.165, 1.54) is 37.4 Å². The Bertz CT molecular complexity index is 1020. The maximum atomic E-state index is 14.6. The van der Waals surface area contributed by atoms with Crippen LogP contribution < -0.4 is 9.80 Å².